The number of hydrogen-bond donors (Lipinski definition) is 2. The second-order valence-electron chi connectivity index (χ2n) is 4.91. The van der Waals surface area contributed by atoms with Gasteiger partial charge in [0, 0.05) is 12.6 Å². The van der Waals surface area contributed by atoms with Gasteiger partial charge in [-0.15, -0.1) is 0 Å². The van der Waals surface area contributed by atoms with E-state index in [2.05, 4.69) is 10.4 Å². The monoisotopic (exact) mass is 253 g/mol. The number of carboxylic acids is 1. The van der Waals surface area contributed by atoms with Crippen molar-refractivity contribution in [1.82, 2.24) is 15.1 Å². The van der Waals surface area contributed by atoms with Gasteiger partial charge in [0.05, 0.1) is 12.1 Å². The van der Waals surface area contributed by atoms with Gasteiger partial charge in [-0.25, -0.2) is 0 Å². The van der Waals surface area contributed by atoms with Gasteiger partial charge < -0.3 is 10.4 Å². The molecular formula is C12H19N3O3. The number of nitrogens with one attached hydrogen (secondary N) is 1. The van der Waals surface area contributed by atoms with Crippen LogP contribution in [-0.4, -0.2) is 32.3 Å². The van der Waals surface area contributed by atoms with Crippen LogP contribution in [0.1, 0.15) is 43.4 Å². The van der Waals surface area contributed by atoms with Gasteiger partial charge in [-0.2, -0.15) is 5.10 Å². The average molecular weight is 253 g/mol. The largest absolute Gasteiger partial charge is 0.481 e. The Balaban J connectivity index is 2.81. The fraction of sp³-hybridized carbons (Fsp3) is 0.583. The normalized spacial score (nSPS) is 11.3. The van der Waals surface area contributed by atoms with E-state index in [0.29, 0.717) is 5.69 Å². The summed E-state index contributed by atoms with van der Waals surface area (Å²) < 4.78 is 1.50. The Morgan fingerprint density at radius 2 is 2.11 bits per heavy atom. The summed E-state index contributed by atoms with van der Waals surface area (Å²) in [5.41, 5.74) is 0.475. The van der Waals surface area contributed by atoms with Crippen LogP contribution < -0.4 is 5.32 Å². The van der Waals surface area contributed by atoms with E-state index in [9.17, 15) is 9.59 Å². The third kappa shape index (κ3) is 3.58. The zero-order valence-electron chi connectivity index (χ0n) is 11.1. The molecule has 18 heavy (non-hydrogen) atoms. The number of aryl methyl sites for hydroxylation is 2. The van der Waals surface area contributed by atoms with Gasteiger partial charge in [-0.05, 0) is 26.3 Å². The fourth-order valence-electron chi connectivity index (χ4n) is 1.71. The first kappa shape index (κ1) is 14.2. The first-order valence-corrected chi connectivity index (χ1v) is 5.82. The highest BCUT2D eigenvalue weighted by Crippen LogP contribution is 2.11. The highest BCUT2D eigenvalue weighted by Gasteiger charge is 2.25. The van der Waals surface area contributed by atoms with Crippen LogP contribution >= 0.6 is 0 Å². The summed E-state index contributed by atoms with van der Waals surface area (Å²) in [6, 6.07) is 1.71. The number of aromatic nitrogens is 2. The third-order valence-electron chi connectivity index (χ3n) is 2.57. The molecule has 0 aliphatic carbocycles. The van der Waals surface area contributed by atoms with Gasteiger partial charge in [0.15, 0.2) is 0 Å². The van der Waals surface area contributed by atoms with Crippen molar-refractivity contribution in [2.75, 3.05) is 0 Å². The van der Waals surface area contributed by atoms with Crippen LogP contribution in [0.3, 0.4) is 0 Å². The average Bonchev–Trinajstić information content (AvgIpc) is 2.56. The Hall–Kier alpha value is -1.85. The highest BCUT2D eigenvalue weighted by molar-refractivity contribution is 5.93. The van der Waals surface area contributed by atoms with Crippen LogP contribution in [-0.2, 0) is 18.3 Å². The van der Waals surface area contributed by atoms with Crippen molar-refractivity contribution in [1.29, 1.82) is 0 Å². The van der Waals surface area contributed by atoms with Gasteiger partial charge in [-0.3, -0.25) is 14.3 Å². The van der Waals surface area contributed by atoms with Gasteiger partial charge in [0.25, 0.3) is 5.91 Å². The maximum absolute atomic E-state index is 12.0. The molecule has 0 fully saturated rings. The summed E-state index contributed by atoms with van der Waals surface area (Å²) in [5.74, 6) is -1.25. The summed E-state index contributed by atoms with van der Waals surface area (Å²) in [7, 11) is 1.69. The van der Waals surface area contributed by atoms with E-state index in [0.717, 1.165) is 12.1 Å². The van der Waals surface area contributed by atoms with E-state index < -0.39 is 11.5 Å². The van der Waals surface area contributed by atoms with Crippen molar-refractivity contribution >= 4 is 11.9 Å². The summed E-state index contributed by atoms with van der Waals surface area (Å²) in [4.78, 5) is 22.7. The molecule has 0 saturated heterocycles. The van der Waals surface area contributed by atoms with E-state index in [1.165, 1.54) is 4.68 Å². The minimum Gasteiger partial charge on any atom is -0.481 e. The Kier molecular flexibility index (Phi) is 4.11. The third-order valence-corrected chi connectivity index (χ3v) is 2.57. The number of rotatable bonds is 5. The van der Waals surface area contributed by atoms with Crippen molar-refractivity contribution in [3.05, 3.63) is 17.5 Å². The van der Waals surface area contributed by atoms with Crippen molar-refractivity contribution in [2.24, 2.45) is 7.05 Å². The van der Waals surface area contributed by atoms with E-state index in [4.69, 9.17) is 5.11 Å². The maximum atomic E-state index is 12.0. The van der Waals surface area contributed by atoms with Crippen molar-refractivity contribution in [3.8, 4) is 0 Å². The molecular weight excluding hydrogens is 234 g/mol. The molecule has 6 nitrogen and oxygen atoms in total. The lowest BCUT2D eigenvalue weighted by molar-refractivity contribution is -0.138. The molecule has 1 aromatic rings. The molecule has 0 aliphatic heterocycles. The van der Waals surface area contributed by atoms with Crippen LogP contribution in [0.5, 0.6) is 0 Å². The number of aliphatic carboxylic acids is 1. The molecule has 1 aromatic heterocycles. The van der Waals surface area contributed by atoms with Crippen LogP contribution in [0, 0.1) is 0 Å². The highest BCUT2D eigenvalue weighted by atomic mass is 16.4. The summed E-state index contributed by atoms with van der Waals surface area (Å²) in [6.45, 7) is 5.31. The molecule has 100 valence electrons. The SMILES string of the molecule is CCc1cc(C(=O)NC(C)(C)CC(=O)O)n(C)n1. The molecule has 0 saturated carbocycles. The predicted octanol–water partition coefficient (Wildman–Crippen LogP) is 0.966. The quantitative estimate of drug-likeness (QED) is 0.818. The first-order valence-electron chi connectivity index (χ1n) is 5.82. The second kappa shape index (κ2) is 5.20. The number of carbonyl (C=O) groups is 2. The topological polar surface area (TPSA) is 84.2 Å². The van der Waals surface area contributed by atoms with Gasteiger partial charge in [0.1, 0.15) is 5.69 Å². The lowest BCUT2D eigenvalue weighted by atomic mass is 10.0. The van der Waals surface area contributed by atoms with Crippen LogP contribution in [0.2, 0.25) is 0 Å². The molecule has 0 bridgehead atoms. The minimum atomic E-state index is -0.945. The maximum Gasteiger partial charge on any atom is 0.305 e. The van der Waals surface area contributed by atoms with E-state index >= 15 is 0 Å². The number of nitrogens with zero attached hydrogens (tertiary/aromatic N) is 2. The first-order chi connectivity index (χ1) is 8.25. The summed E-state index contributed by atoms with van der Waals surface area (Å²) in [5, 5.41) is 15.6. The van der Waals surface area contributed by atoms with Crippen LogP contribution in [0.4, 0.5) is 0 Å². The number of amides is 1. The smallest absolute Gasteiger partial charge is 0.305 e. The Morgan fingerprint density at radius 1 is 1.50 bits per heavy atom. The molecule has 2 N–H and O–H groups in total. The van der Waals surface area contributed by atoms with Crippen LogP contribution in [0.25, 0.3) is 0 Å². The molecule has 0 spiro atoms. The Labute approximate surface area is 106 Å². The number of carbonyl (C=O) groups excluding carboxylic acids is 1. The molecule has 1 amide bonds. The number of carboxylic acid groups (broad SMARTS) is 1. The standard InChI is InChI=1S/C12H19N3O3/c1-5-8-6-9(15(4)14-8)11(18)13-12(2,3)7-10(16)17/h6H,5,7H2,1-4H3,(H,13,18)(H,16,17). The fourth-order valence-corrected chi connectivity index (χ4v) is 1.71. The molecule has 0 atom stereocenters. The van der Waals surface area contributed by atoms with Gasteiger partial charge >= 0.3 is 5.97 Å². The molecule has 0 aromatic carbocycles. The lowest BCUT2D eigenvalue weighted by Gasteiger charge is -2.24. The lowest BCUT2D eigenvalue weighted by Crippen LogP contribution is -2.45. The van der Waals surface area contributed by atoms with Crippen molar-refractivity contribution < 1.29 is 14.7 Å². The zero-order chi connectivity index (χ0) is 13.9. The second-order valence-corrected chi connectivity index (χ2v) is 4.91. The van der Waals surface area contributed by atoms with Crippen molar-refractivity contribution in [3.63, 3.8) is 0 Å². The molecule has 0 aliphatic rings. The summed E-state index contributed by atoms with van der Waals surface area (Å²) >= 11 is 0. The van der Waals surface area contributed by atoms with Crippen molar-refractivity contribution in [2.45, 2.75) is 39.2 Å². The molecule has 1 heterocycles. The molecule has 1 rings (SSSR count). The Bertz CT molecular complexity index is 463. The van der Waals surface area contributed by atoms with Crippen LogP contribution in [0.15, 0.2) is 6.07 Å². The molecule has 0 radical (unpaired) electrons. The van der Waals surface area contributed by atoms with E-state index in [1.807, 2.05) is 6.92 Å². The van der Waals surface area contributed by atoms with E-state index in [1.54, 1.807) is 27.0 Å². The molecule has 0 unspecified atom stereocenters. The zero-order valence-corrected chi connectivity index (χ0v) is 11.1. The Morgan fingerprint density at radius 3 is 2.56 bits per heavy atom. The van der Waals surface area contributed by atoms with E-state index in [-0.39, 0.29) is 12.3 Å². The summed E-state index contributed by atoms with van der Waals surface area (Å²) in [6.07, 6.45) is 0.622. The van der Waals surface area contributed by atoms with Gasteiger partial charge in [-0.1, -0.05) is 6.92 Å². The minimum absolute atomic E-state index is 0.128. The molecule has 6 heteroatoms. The number of hydrogen-bond acceptors (Lipinski definition) is 3. The predicted molar refractivity (Wildman–Crippen MR) is 66.4 cm³/mol. The van der Waals surface area contributed by atoms with Gasteiger partial charge in [0.2, 0.25) is 0 Å².